The summed E-state index contributed by atoms with van der Waals surface area (Å²) in [4.78, 5) is 15.7. The number of rotatable bonds is 2. The van der Waals surface area contributed by atoms with Crippen molar-refractivity contribution < 1.29 is 4.39 Å². The lowest BCUT2D eigenvalue weighted by atomic mass is 10.2. The molecule has 3 heterocycles. The number of hydrogen-bond donors (Lipinski definition) is 0. The van der Waals surface area contributed by atoms with Gasteiger partial charge in [-0.1, -0.05) is 12.1 Å². The van der Waals surface area contributed by atoms with Gasteiger partial charge in [-0.05, 0) is 31.5 Å². The van der Waals surface area contributed by atoms with Gasteiger partial charge >= 0.3 is 0 Å². The van der Waals surface area contributed by atoms with Crippen LogP contribution >= 0.6 is 11.3 Å². The number of aromatic nitrogens is 2. The number of nitrogens with zero attached hydrogens (tertiary/aromatic N) is 4. The fraction of sp³-hybridized carbons (Fsp3) is 0.333. The minimum absolute atomic E-state index is 0.153. The predicted molar refractivity (Wildman–Crippen MR) is 97.7 cm³/mol. The van der Waals surface area contributed by atoms with Crippen LogP contribution in [0.4, 0.5) is 15.9 Å². The van der Waals surface area contributed by atoms with Crippen LogP contribution in [0.5, 0.6) is 0 Å². The molecule has 0 saturated carbocycles. The van der Waals surface area contributed by atoms with E-state index in [1.807, 2.05) is 12.1 Å². The van der Waals surface area contributed by atoms with Gasteiger partial charge in [-0.25, -0.2) is 14.4 Å². The molecule has 1 aromatic carbocycles. The van der Waals surface area contributed by atoms with Crippen LogP contribution in [0.3, 0.4) is 0 Å². The van der Waals surface area contributed by atoms with Crippen molar-refractivity contribution >= 4 is 33.1 Å². The van der Waals surface area contributed by atoms with Gasteiger partial charge in [0, 0.05) is 31.1 Å². The lowest BCUT2D eigenvalue weighted by Crippen LogP contribution is -2.47. The summed E-state index contributed by atoms with van der Waals surface area (Å²) in [5.41, 5.74) is 1.95. The van der Waals surface area contributed by atoms with Gasteiger partial charge in [0.15, 0.2) is 0 Å². The Labute approximate surface area is 144 Å². The molecule has 0 aliphatic carbocycles. The quantitative estimate of drug-likeness (QED) is 0.709. The molecule has 24 heavy (non-hydrogen) atoms. The molecule has 6 heteroatoms. The van der Waals surface area contributed by atoms with Crippen molar-refractivity contribution in [3.05, 3.63) is 46.9 Å². The molecule has 1 fully saturated rings. The Balaban J connectivity index is 1.60. The molecule has 0 spiro atoms. The van der Waals surface area contributed by atoms with E-state index in [1.54, 1.807) is 23.7 Å². The highest BCUT2D eigenvalue weighted by Gasteiger charge is 2.23. The maximum absolute atomic E-state index is 14.0. The van der Waals surface area contributed by atoms with E-state index in [0.717, 1.165) is 36.8 Å². The van der Waals surface area contributed by atoms with Crippen molar-refractivity contribution in [3.63, 3.8) is 0 Å². The van der Waals surface area contributed by atoms with Crippen LogP contribution in [0.2, 0.25) is 0 Å². The Kier molecular flexibility index (Phi) is 3.84. The van der Waals surface area contributed by atoms with Crippen LogP contribution in [-0.2, 0) is 0 Å². The Morgan fingerprint density at radius 1 is 1.00 bits per heavy atom. The fourth-order valence-electron chi connectivity index (χ4n) is 3.27. The van der Waals surface area contributed by atoms with Gasteiger partial charge in [-0.15, -0.1) is 11.3 Å². The van der Waals surface area contributed by atoms with Crippen molar-refractivity contribution in [2.45, 2.75) is 13.8 Å². The molecule has 1 aliphatic rings. The Hall–Kier alpha value is -2.21. The van der Waals surface area contributed by atoms with Crippen LogP contribution in [0.25, 0.3) is 10.2 Å². The summed E-state index contributed by atoms with van der Waals surface area (Å²) in [6, 6.07) is 6.98. The molecule has 4 nitrogen and oxygen atoms in total. The second-order valence-electron chi connectivity index (χ2n) is 6.09. The monoisotopic (exact) mass is 342 g/mol. The van der Waals surface area contributed by atoms with Crippen LogP contribution in [0.15, 0.2) is 30.6 Å². The zero-order chi connectivity index (χ0) is 16.7. The molecule has 124 valence electrons. The van der Waals surface area contributed by atoms with E-state index in [4.69, 9.17) is 0 Å². The Bertz CT molecular complexity index is 884. The molecular formula is C18H19FN4S. The van der Waals surface area contributed by atoms with Gasteiger partial charge in [0.25, 0.3) is 0 Å². The minimum Gasteiger partial charge on any atom is -0.366 e. The second-order valence-corrected chi connectivity index (χ2v) is 7.29. The van der Waals surface area contributed by atoms with Gasteiger partial charge in [0.2, 0.25) is 0 Å². The predicted octanol–water partition coefficient (Wildman–Crippen LogP) is 3.77. The third-order valence-corrected chi connectivity index (χ3v) is 5.83. The van der Waals surface area contributed by atoms with Gasteiger partial charge in [-0.2, -0.15) is 0 Å². The number of para-hydroxylation sites is 1. The molecule has 2 aromatic heterocycles. The highest BCUT2D eigenvalue weighted by atomic mass is 32.1. The van der Waals surface area contributed by atoms with Gasteiger partial charge in [-0.3, -0.25) is 0 Å². The van der Waals surface area contributed by atoms with E-state index in [1.165, 1.54) is 21.9 Å². The van der Waals surface area contributed by atoms with E-state index in [-0.39, 0.29) is 5.82 Å². The van der Waals surface area contributed by atoms with Crippen molar-refractivity contribution in [2.75, 3.05) is 36.0 Å². The maximum Gasteiger partial charge on any atom is 0.146 e. The van der Waals surface area contributed by atoms with Gasteiger partial charge in [0.05, 0.1) is 11.1 Å². The Morgan fingerprint density at radius 2 is 1.71 bits per heavy atom. The number of anilines is 2. The minimum atomic E-state index is -0.153. The first-order valence-corrected chi connectivity index (χ1v) is 8.92. The largest absolute Gasteiger partial charge is 0.366 e. The average molecular weight is 342 g/mol. The third-order valence-electron chi connectivity index (χ3n) is 4.72. The van der Waals surface area contributed by atoms with E-state index in [9.17, 15) is 4.39 Å². The lowest BCUT2D eigenvalue weighted by Gasteiger charge is -2.37. The Morgan fingerprint density at radius 3 is 2.46 bits per heavy atom. The number of fused-ring (bicyclic) bond motifs is 1. The van der Waals surface area contributed by atoms with Crippen molar-refractivity contribution in [1.29, 1.82) is 0 Å². The first kappa shape index (κ1) is 15.3. The molecular weight excluding hydrogens is 323 g/mol. The van der Waals surface area contributed by atoms with E-state index in [2.05, 4.69) is 33.6 Å². The molecule has 1 aliphatic heterocycles. The van der Waals surface area contributed by atoms with Crippen LogP contribution in [0.1, 0.15) is 10.4 Å². The van der Waals surface area contributed by atoms with E-state index < -0.39 is 0 Å². The second kappa shape index (κ2) is 6.02. The first-order valence-electron chi connectivity index (χ1n) is 8.10. The van der Waals surface area contributed by atoms with E-state index >= 15 is 0 Å². The maximum atomic E-state index is 14.0. The molecule has 0 amide bonds. The average Bonchev–Trinajstić information content (AvgIpc) is 2.90. The molecule has 1 saturated heterocycles. The normalized spacial score (nSPS) is 15.3. The van der Waals surface area contributed by atoms with Gasteiger partial charge < -0.3 is 9.80 Å². The number of aryl methyl sites for hydroxylation is 2. The smallest absolute Gasteiger partial charge is 0.146 e. The van der Waals surface area contributed by atoms with E-state index in [0.29, 0.717) is 5.69 Å². The van der Waals surface area contributed by atoms with Crippen molar-refractivity contribution in [1.82, 2.24) is 9.97 Å². The SMILES string of the molecule is Cc1sc2ncnc(N3CCN(c4ccccc4F)CC3)c2c1C. The summed E-state index contributed by atoms with van der Waals surface area (Å²) in [6.07, 6.45) is 1.65. The third kappa shape index (κ3) is 2.51. The molecule has 0 N–H and O–H groups in total. The number of benzene rings is 1. The summed E-state index contributed by atoms with van der Waals surface area (Å²) in [7, 11) is 0. The summed E-state index contributed by atoms with van der Waals surface area (Å²) < 4.78 is 14.0. The highest BCUT2D eigenvalue weighted by Crippen LogP contribution is 2.34. The standard InChI is InChI=1S/C18H19FN4S/c1-12-13(2)24-18-16(12)17(20-11-21-18)23-9-7-22(8-10-23)15-6-4-3-5-14(15)19/h3-6,11H,7-10H2,1-2H3. The topological polar surface area (TPSA) is 32.3 Å². The van der Waals surface area contributed by atoms with Crippen LogP contribution in [-0.4, -0.2) is 36.1 Å². The molecule has 0 radical (unpaired) electrons. The zero-order valence-electron chi connectivity index (χ0n) is 13.8. The summed E-state index contributed by atoms with van der Waals surface area (Å²) in [6.45, 7) is 7.49. The van der Waals surface area contributed by atoms with Crippen LogP contribution in [0, 0.1) is 19.7 Å². The summed E-state index contributed by atoms with van der Waals surface area (Å²) in [5, 5.41) is 1.17. The molecule has 0 atom stereocenters. The zero-order valence-corrected chi connectivity index (χ0v) is 14.6. The first-order chi connectivity index (χ1) is 11.6. The summed E-state index contributed by atoms with van der Waals surface area (Å²) >= 11 is 1.72. The van der Waals surface area contributed by atoms with Crippen molar-refractivity contribution in [3.8, 4) is 0 Å². The highest BCUT2D eigenvalue weighted by molar-refractivity contribution is 7.18. The summed E-state index contributed by atoms with van der Waals surface area (Å²) in [5.74, 6) is 0.856. The van der Waals surface area contributed by atoms with Crippen LogP contribution < -0.4 is 9.80 Å². The number of piperazine rings is 1. The number of hydrogen-bond acceptors (Lipinski definition) is 5. The molecule has 0 bridgehead atoms. The number of halogens is 1. The van der Waals surface area contributed by atoms with Crippen molar-refractivity contribution in [2.24, 2.45) is 0 Å². The van der Waals surface area contributed by atoms with Gasteiger partial charge in [0.1, 0.15) is 22.8 Å². The fourth-order valence-corrected chi connectivity index (χ4v) is 4.26. The number of thiophene rings is 1. The molecule has 4 rings (SSSR count). The molecule has 3 aromatic rings. The molecule has 0 unspecified atom stereocenters. The lowest BCUT2D eigenvalue weighted by molar-refractivity contribution is 0.596.